The van der Waals surface area contributed by atoms with E-state index < -0.39 is 74.7 Å². The highest BCUT2D eigenvalue weighted by molar-refractivity contribution is 7.91. The van der Waals surface area contributed by atoms with Gasteiger partial charge in [0.2, 0.25) is 27.7 Å². The summed E-state index contributed by atoms with van der Waals surface area (Å²) in [6, 6.07) is 2.84. The van der Waals surface area contributed by atoms with Gasteiger partial charge in [0.25, 0.3) is 5.91 Å². The van der Waals surface area contributed by atoms with Gasteiger partial charge in [0.05, 0.1) is 30.1 Å². The average molecular weight is 732 g/mol. The molecule has 270 valence electrons. The fourth-order valence-electron chi connectivity index (χ4n) is 7.24. The molecule has 2 aliphatic heterocycles. The van der Waals surface area contributed by atoms with Crippen LogP contribution in [0.15, 0.2) is 36.5 Å². The Bertz CT molecular complexity index is 1840. The number of allylic oxidation sites excluding steroid dienone is 1. The fourth-order valence-corrected chi connectivity index (χ4v) is 8.87. The van der Waals surface area contributed by atoms with Gasteiger partial charge in [-0.2, -0.15) is 0 Å². The Labute approximate surface area is 295 Å². The van der Waals surface area contributed by atoms with Gasteiger partial charge in [0.1, 0.15) is 29.5 Å². The van der Waals surface area contributed by atoms with E-state index in [2.05, 4.69) is 20.3 Å². The number of ether oxygens (including phenoxy) is 2. The van der Waals surface area contributed by atoms with Crippen molar-refractivity contribution in [2.24, 2.45) is 17.8 Å². The third-order valence-corrected chi connectivity index (χ3v) is 12.3. The lowest BCUT2D eigenvalue weighted by Gasteiger charge is -2.32. The third-order valence-electron chi connectivity index (χ3n) is 10.2. The van der Waals surface area contributed by atoms with Crippen LogP contribution in [0.5, 0.6) is 11.6 Å². The SMILES string of the molecule is COc1cnc(O[C@@H]2C[C@H]3C(=O)N[C@]4(C(=O)NS(=O)(=O)C5CC5)C[C@H]4C=CCC[C@@H](C)C[C@@H](C)[C@H](NC(=O)O)C(=O)N3C2)c2cccc(Cl)c12. The molecule has 4 amide bonds. The van der Waals surface area contributed by atoms with Crippen molar-refractivity contribution in [2.45, 2.75) is 87.8 Å². The molecule has 0 radical (unpaired) electrons. The Hall–Kier alpha value is -4.11. The van der Waals surface area contributed by atoms with Crippen molar-refractivity contribution in [3.8, 4) is 11.6 Å². The molecule has 0 spiro atoms. The number of fused-ring (bicyclic) bond motifs is 3. The lowest BCUT2D eigenvalue weighted by Crippen LogP contribution is -2.59. The van der Waals surface area contributed by atoms with Crippen LogP contribution < -0.4 is 24.8 Å². The molecule has 2 aromatic rings. The molecule has 3 heterocycles. The van der Waals surface area contributed by atoms with Crippen molar-refractivity contribution >= 4 is 56.2 Å². The first-order valence-corrected chi connectivity index (χ1v) is 18.8. The largest absolute Gasteiger partial charge is 0.494 e. The summed E-state index contributed by atoms with van der Waals surface area (Å²) in [6.45, 7) is 3.73. The summed E-state index contributed by atoms with van der Waals surface area (Å²) >= 11 is 6.49. The molecule has 4 N–H and O–H groups in total. The highest BCUT2D eigenvalue weighted by Gasteiger charge is 2.62. The molecule has 0 unspecified atom stereocenters. The van der Waals surface area contributed by atoms with Crippen molar-refractivity contribution in [1.82, 2.24) is 25.2 Å². The molecule has 0 bridgehead atoms. The Morgan fingerprint density at radius 1 is 1.16 bits per heavy atom. The summed E-state index contributed by atoms with van der Waals surface area (Å²) in [5.74, 6) is -2.24. The van der Waals surface area contributed by atoms with Gasteiger partial charge < -0.3 is 30.1 Å². The van der Waals surface area contributed by atoms with Crippen molar-refractivity contribution in [2.75, 3.05) is 13.7 Å². The highest BCUT2D eigenvalue weighted by Crippen LogP contribution is 2.46. The summed E-state index contributed by atoms with van der Waals surface area (Å²) in [7, 11) is -2.42. The zero-order valence-electron chi connectivity index (χ0n) is 28.1. The number of rotatable bonds is 7. The molecule has 6 rings (SSSR count). The second-order valence-electron chi connectivity index (χ2n) is 14.0. The number of methoxy groups -OCH3 is 1. The predicted molar refractivity (Wildman–Crippen MR) is 183 cm³/mol. The van der Waals surface area contributed by atoms with Crippen LogP contribution in [0.2, 0.25) is 5.02 Å². The maximum atomic E-state index is 14.3. The van der Waals surface area contributed by atoms with Gasteiger partial charge in [-0.1, -0.05) is 43.7 Å². The number of sulfonamides is 1. The van der Waals surface area contributed by atoms with Crippen LogP contribution in [0.1, 0.15) is 58.8 Å². The number of nitrogens with one attached hydrogen (secondary N) is 3. The first kappa shape index (κ1) is 35.7. The van der Waals surface area contributed by atoms with E-state index >= 15 is 0 Å². The molecule has 7 atom stereocenters. The molecule has 1 aromatic carbocycles. The quantitative estimate of drug-likeness (QED) is 0.307. The second kappa shape index (κ2) is 13.9. The van der Waals surface area contributed by atoms with E-state index in [1.807, 2.05) is 19.1 Å². The molecule has 4 aliphatic rings. The number of carbonyl (C=O) groups excluding carboxylic acids is 3. The molecule has 1 saturated heterocycles. The van der Waals surface area contributed by atoms with E-state index in [1.165, 1.54) is 18.2 Å². The molecule has 2 saturated carbocycles. The Morgan fingerprint density at radius 2 is 1.92 bits per heavy atom. The number of hydrogen-bond donors (Lipinski definition) is 4. The van der Waals surface area contributed by atoms with Crippen LogP contribution in [0.3, 0.4) is 0 Å². The van der Waals surface area contributed by atoms with E-state index in [0.717, 1.165) is 6.42 Å². The Kier molecular flexibility index (Phi) is 9.92. The van der Waals surface area contributed by atoms with Gasteiger partial charge in [0, 0.05) is 23.1 Å². The van der Waals surface area contributed by atoms with Crippen LogP contribution in [0, 0.1) is 17.8 Å². The lowest BCUT2D eigenvalue weighted by atomic mass is 9.88. The smallest absolute Gasteiger partial charge is 0.405 e. The first-order chi connectivity index (χ1) is 23.7. The minimum absolute atomic E-state index is 0.0174. The maximum absolute atomic E-state index is 14.3. The van der Waals surface area contributed by atoms with Crippen LogP contribution in [0.4, 0.5) is 4.79 Å². The zero-order chi connectivity index (χ0) is 36.0. The molecular weight excluding hydrogens is 690 g/mol. The molecule has 2 aliphatic carbocycles. The number of amides is 4. The Morgan fingerprint density at radius 3 is 2.62 bits per heavy atom. The fraction of sp³-hybridized carbons (Fsp3) is 0.559. The van der Waals surface area contributed by atoms with Crippen LogP contribution in [-0.4, -0.2) is 89.9 Å². The van der Waals surface area contributed by atoms with E-state index in [-0.39, 0.29) is 31.2 Å². The monoisotopic (exact) mass is 731 g/mol. The standard InChI is InChI=1S/C34H42ClN5O9S/c1-18-7-4-5-8-20-15-34(20,32(43)39-50(46,47)22-11-12-22)38-29(41)25-14-21(17-40(25)31(42)28(19(2)13-18)37-33(44)45)49-30-23-9-6-10-24(35)27(23)26(48-3)16-36-30/h5-6,8-10,16,18-22,25,28,37H,4,7,11-15,17H2,1-3H3,(H,38,41)(H,39,43)(H,44,45)/t18-,19-,20-,21-,25+,28+,34-/m1/s1. The third kappa shape index (κ3) is 7.20. The molecule has 3 fully saturated rings. The number of pyridine rings is 1. The minimum Gasteiger partial charge on any atom is -0.494 e. The Balaban J connectivity index is 1.35. The average Bonchev–Trinajstić information content (AvgIpc) is 3.98. The van der Waals surface area contributed by atoms with E-state index in [4.69, 9.17) is 21.1 Å². The number of carboxylic acid groups (broad SMARTS) is 1. The van der Waals surface area contributed by atoms with E-state index in [9.17, 15) is 32.7 Å². The van der Waals surface area contributed by atoms with Crippen molar-refractivity contribution in [3.63, 3.8) is 0 Å². The normalized spacial score (nSPS) is 30.3. The van der Waals surface area contributed by atoms with Crippen LogP contribution >= 0.6 is 11.6 Å². The summed E-state index contributed by atoms with van der Waals surface area (Å²) in [5, 5.41) is 15.8. The van der Waals surface area contributed by atoms with Crippen molar-refractivity contribution < 1.29 is 42.2 Å². The molecule has 16 heteroatoms. The van der Waals surface area contributed by atoms with Crippen molar-refractivity contribution in [3.05, 3.63) is 41.6 Å². The second-order valence-corrected chi connectivity index (χ2v) is 16.3. The van der Waals surface area contributed by atoms with Gasteiger partial charge in [-0.05, 0) is 62.5 Å². The molecule has 14 nitrogen and oxygen atoms in total. The highest BCUT2D eigenvalue weighted by atomic mass is 35.5. The first-order valence-electron chi connectivity index (χ1n) is 16.9. The maximum Gasteiger partial charge on any atom is 0.405 e. The van der Waals surface area contributed by atoms with E-state index in [0.29, 0.717) is 47.2 Å². The van der Waals surface area contributed by atoms with Gasteiger partial charge in [-0.3, -0.25) is 19.1 Å². The van der Waals surface area contributed by atoms with Gasteiger partial charge in [0.15, 0.2) is 0 Å². The molecule has 50 heavy (non-hydrogen) atoms. The number of benzene rings is 1. The summed E-state index contributed by atoms with van der Waals surface area (Å²) in [6.07, 6.45) is 6.06. The number of aromatic nitrogens is 1. The summed E-state index contributed by atoms with van der Waals surface area (Å²) in [5.41, 5.74) is -1.54. The predicted octanol–water partition coefficient (Wildman–Crippen LogP) is 3.38. The zero-order valence-corrected chi connectivity index (χ0v) is 29.6. The van der Waals surface area contributed by atoms with Gasteiger partial charge in [-0.25, -0.2) is 18.2 Å². The van der Waals surface area contributed by atoms with E-state index in [1.54, 1.807) is 25.1 Å². The van der Waals surface area contributed by atoms with Crippen molar-refractivity contribution in [1.29, 1.82) is 0 Å². The van der Waals surface area contributed by atoms with Gasteiger partial charge in [-0.15, -0.1) is 0 Å². The van der Waals surface area contributed by atoms with Crippen LogP contribution in [-0.2, 0) is 24.4 Å². The lowest BCUT2D eigenvalue weighted by molar-refractivity contribution is -0.142. The number of nitrogens with zero attached hydrogens (tertiary/aromatic N) is 2. The minimum atomic E-state index is -3.91. The van der Waals surface area contributed by atoms with Crippen LogP contribution in [0.25, 0.3) is 10.8 Å². The number of carbonyl (C=O) groups is 4. The van der Waals surface area contributed by atoms with Gasteiger partial charge >= 0.3 is 6.09 Å². The summed E-state index contributed by atoms with van der Waals surface area (Å²) in [4.78, 5) is 59.9. The topological polar surface area (TPSA) is 193 Å². The molecular formula is C34H42ClN5O9S. The molecule has 1 aromatic heterocycles. The summed E-state index contributed by atoms with van der Waals surface area (Å²) < 4.78 is 39.5. The number of halogens is 1. The number of hydrogen-bond acceptors (Lipinski definition) is 9.